The van der Waals surface area contributed by atoms with Crippen LogP contribution in [-0.2, 0) is 17.8 Å². The molecule has 0 spiro atoms. The Morgan fingerprint density at radius 1 is 1.32 bits per heavy atom. The zero-order valence-electron chi connectivity index (χ0n) is 15.1. The van der Waals surface area contributed by atoms with Gasteiger partial charge in [0.05, 0.1) is 11.6 Å². The lowest BCUT2D eigenvalue weighted by Crippen LogP contribution is -2.36. The number of ether oxygens (including phenoxy) is 1. The lowest BCUT2D eigenvalue weighted by Gasteiger charge is -2.27. The van der Waals surface area contributed by atoms with Crippen LogP contribution in [0.1, 0.15) is 38.1 Å². The maximum absolute atomic E-state index is 12.4. The predicted octanol–water partition coefficient (Wildman–Crippen LogP) is 5.77. The number of hydrogen-bond acceptors (Lipinski definition) is 4. The number of carbonyl (C=O) groups excluding carboxylic acids is 1. The van der Waals surface area contributed by atoms with Gasteiger partial charge in [-0.15, -0.1) is 11.3 Å². The Bertz CT molecular complexity index is 709. The molecule has 0 saturated heterocycles. The molecule has 0 aliphatic carbocycles. The maximum Gasteiger partial charge on any atom is 0.410 e. The van der Waals surface area contributed by atoms with Crippen LogP contribution in [0.5, 0.6) is 0 Å². The van der Waals surface area contributed by atoms with Crippen molar-refractivity contribution in [2.24, 2.45) is 0 Å². The van der Waals surface area contributed by atoms with Crippen LogP contribution in [0.15, 0.2) is 35.7 Å². The van der Waals surface area contributed by atoms with Crippen LogP contribution in [0, 0.1) is 0 Å². The van der Waals surface area contributed by atoms with Gasteiger partial charge in [0.25, 0.3) is 0 Å². The van der Waals surface area contributed by atoms with Crippen molar-refractivity contribution in [2.45, 2.75) is 46.4 Å². The number of rotatable bonds is 6. The number of anilines is 1. The summed E-state index contributed by atoms with van der Waals surface area (Å²) in [5.74, 6) is 0. The molecule has 0 aliphatic rings. The summed E-state index contributed by atoms with van der Waals surface area (Å²) < 4.78 is 5.49. The van der Waals surface area contributed by atoms with Crippen molar-refractivity contribution in [3.05, 3.63) is 51.2 Å². The summed E-state index contributed by atoms with van der Waals surface area (Å²) in [7, 11) is 0. The number of nitrogens with one attached hydrogen (secondary N) is 1. The first-order chi connectivity index (χ1) is 11.8. The van der Waals surface area contributed by atoms with Crippen molar-refractivity contribution < 1.29 is 9.53 Å². The van der Waals surface area contributed by atoms with Crippen molar-refractivity contribution in [1.29, 1.82) is 0 Å². The van der Waals surface area contributed by atoms with Crippen LogP contribution >= 0.6 is 22.9 Å². The molecular weight excluding hydrogens is 356 g/mol. The number of benzene rings is 1. The topological polar surface area (TPSA) is 41.6 Å². The molecule has 0 unspecified atom stereocenters. The fourth-order valence-corrected chi connectivity index (χ4v) is 3.31. The number of carbonyl (C=O) groups is 1. The molecule has 25 heavy (non-hydrogen) atoms. The molecule has 136 valence electrons. The van der Waals surface area contributed by atoms with Gasteiger partial charge in [0.2, 0.25) is 0 Å². The highest BCUT2D eigenvalue weighted by molar-refractivity contribution is 7.10. The smallest absolute Gasteiger partial charge is 0.410 e. The number of amides is 1. The van der Waals surface area contributed by atoms with E-state index in [-0.39, 0.29) is 6.09 Å². The molecular formula is C19H25ClN2O2S. The lowest BCUT2D eigenvalue weighted by molar-refractivity contribution is 0.0245. The van der Waals surface area contributed by atoms with E-state index in [0.717, 1.165) is 16.3 Å². The third-order valence-corrected chi connectivity index (χ3v) is 4.77. The van der Waals surface area contributed by atoms with Gasteiger partial charge in [-0.2, -0.15) is 0 Å². The largest absolute Gasteiger partial charge is 0.444 e. The second-order valence-electron chi connectivity index (χ2n) is 6.74. The Balaban J connectivity index is 2.06. The van der Waals surface area contributed by atoms with Gasteiger partial charge in [0, 0.05) is 29.0 Å². The van der Waals surface area contributed by atoms with E-state index < -0.39 is 5.60 Å². The standard InChI is InChI=1S/C19H25ClN2O2S/c1-5-22(18(23)24-19(2,3)4)12-14-8-6-7-9-17(14)21-11-16-10-15(20)13-25-16/h6-10,13,21H,5,11-12H2,1-4H3. The third-order valence-electron chi connectivity index (χ3n) is 3.49. The minimum absolute atomic E-state index is 0.296. The van der Waals surface area contributed by atoms with Gasteiger partial charge in [-0.3, -0.25) is 0 Å². The molecule has 2 rings (SSSR count). The molecule has 0 fully saturated rings. The van der Waals surface area contributed by atoms with Crippen LogP contribution in [0.2, 0.25) is 5.02 Å². The predicted molar refractivity (Wildman–Crippen MR) is 105 cm³/mol. The van der Waals surface area contributed by atoms with Crippen LogP contribution in [-0.4, -0.2) is 23.1 Å². The zero-order chi connectivity index (χ0) is 18.4. The average Bonchev–Trinajstić information content (AvgIpc) is 2.95. The van der Waals surface area contributed by atoms with Crippen LogP contribution in [0.4, 0.5) is 10.5 Å². The van der Waals surface area contributed by atoms with E-state index in [2.05, 4.69) is 5.32 Å². The van der Waals surface area contributed by atoms with Gasteiger partial charge in [-0.25, -0.2) is 4.79 Å². The first kappa shape index (κ1) is 19.6. The van der Waals surface area contributed by atoms with E-state index in [1.54, 1.807) is 16.2 Å². The van der Waals surface area contributed by atoms with Crippen LogP contribution in [0.25, 0.3) is 0 Å². The zero-order valence-corrected chi connectivity index (χ0v) is 16.7. The maximum atomic E-state index is 12.4. The monoisotopic (exact) mass is 380 g/mol. The summed E-state index contributed by atoms with van der Waals surface area (Å²) in [6.07, 6.45) is -0.296. The van der Waals surface area contributed by atoms with Gasteiger partial charge < -0.3 is 15.0 Å². The Kier molecular flexibility index (Phi) is 6.73. The molecule has 6 heteroatoms. The van der Waals surface area contributed by atoms with Crippen molar-refractivity contribution in [3.8, 4) is 0 Å². The normalized spacial score (nSPS) is 11.2. The second kappa shape index (κ2) is 8.59. The minimum atomic E-state index is -0.499. The molecule has 4 nitrogen and oxygen atoms in total. The molecule has 0 bridgehead atoms. The molecule has 0 radical (unpaired) electrons. The fraction of sp³-hybridized carbons (Fsp3) is 0.421. The van der Waals surface area contributed by atoms with E-state index >= 15 is 0 Å². The summed E-state index contributed by atoms with van der Waals surface area (Å²) in [6, 6.07) is 9.97. The SMILES string of the molecule is CCN(Cc1ccccc1NCc1cc(Cl)cs1)C(=O)OC(C)(C)C. The molecule has 1 heterocycles. The summed E-state index contributed by atoms with van der Waals surface area (Å²) in [5.41, 5.74) is 1.56. The first-order valence-electron chi connectivity index (χ1n) is 8.31. The third kappa shape index (κ3) is 6.25. The Morgan fingerprint density at radius 3 is 2.64 bits per heavy atom. The lowest BCUT2D eigenvalue weighted by atomic mass is 10.1. The van der Waals surface area contributed by atoms with Gasteiger partial charge in [0.15, 0.2) is 0 Å². The van der Waals surface area contributed by atoms with Crippen molar-refractivity contribution in [2.75, 3.05) is 11.9 Å². The Hall–Kier alpha value is -1.72. The van der Waals surface area contributed by atoms with Gasteiger partial charge in [-0.05, 0) is 45.4 Å². The van der Waals surface area contributed by atoms with Gasteiger partial charge >= 0.3 is 6.09 Å². The van der Waals surface area contributed by atoms with Crippen molar-refractivity contribution >= 4 is 34.7 Å². The Labute approximate surface area is 158 Å². The highest BCUT2D eigenvalue weighted by atomic mass is 35.5. The van der Waals surface area contributed by atoms with E-state index in [9.17, 15) is 4.79 Å². The fourth-order valence-electron chi connectivity index (χ4n) is 2.30. The van der Waals surface area contributed by atoms with E-state index in [0.29, 0.717) is 19.6 Å². The summed E-state index contributed by atoms with van der Waals surface area (Å²) in [5, 5.41) is 6.12. The van der Waals surface area contributed by atoms with E-state index in [4.69, 9.17) is 16.3 Å². The number of halogens is 1. The van der Waals surface area contributed by atoms with E-state index in [1.165, 1.54) is 4.88 Å². The second-order valence-corrected chi connectivity index (χ2v) is 8.17. The molecule has 1 aromatic carbocycles. The number of para-hydroxylation sites is 1. The van der Waals surface area contributed by atoms with E-state index in [1.807, 2.05) is 63.4 Å². The van der Waals surface area contributed by atoms with Crippen molar-refractivity contribution in [1.82, 2.24) is 4.90 Å². The highest BCUT2D eigenvalue weighted by Crippen LogP contribution is 2.23. The minimum Gasteiger partial charge on any atom is -0.444 e. The quantitative estimate of drug-likeness (QED) is 0.691. The first-order valence-corrected chi connectivity index (χ1v) is 9.57. The number of hydrogen-bond donors (Lipinski definition) is 1. The molecule has 0 saturated carbocycles. The molecule has 0 atom stereocenters. The molecule has 1 aromatic heterocycles. The summed E-state index contributed by atoms with van der Waals surface area (Å²) in [6.45, 7) is 9.37. The van der Waals surface area contributed by atoms with Crippen LogP contribution < -0.4 is 5.32 Å². The van der Waals surface area contributed by atoms with Crippen molar-refractivity contribution in [3.63, 3.8) is 0 Å². The Morgan fingerprint density at radius 2 is 2.04 bits per heavy atom. The molecule has 2 aromatic rings. The van der Waals surface area contributed by atoms with Crippen LogP contribution in [0.3, 0.4) is 0 Å². The number of nitrogens with zero attached hydrogens (tertiary/aromatic N) is 1. The molecule has 1 amide bonds. The highest BCUT2D eigenvalue weighted by Gasteiger charge is 2.21. The van der Waals surface area contributed by atoms with Gasteiger partial charge in [0.1, 0.15) is 5.60 Å². The molecule has 1 N–H and O–H groups in total. The van der Waals surface area contributed by atoms with Gasteiger partial charge in [-0.1, -0.05) is 29.8 Å². The summed E-state index contributed by atoms with van der Waals surface area (Å²) >= 11 is 7.60. The number of thiophene rings is 1. The molecule has 0 aliphatic heterocycles. The summed E-state index contributed by atoms with van der Waals surface area (Å²) in [4.78, 5) is 15.2. The average molecular weight is 381 g/mol.